The molecule has 7 heteroatoms. The minimum absolute atomic E-state index is 0.0196. The van der Waals surface area contributed by atoms with E-state index in [9.17, 15) is 9.90 Å². The molecule has 0 spiro atoms. The van der Waals surface area contributed by atoms with Crippen molar-refractivity contribution >= 4 is 17.3 Å². The predicted molar refractivity (Wildman–Crippen MR) is 83.7 cm³/mol. The van der Waals surface area contributed by atoms with Gasteiger partial charge in [-0.05, 0) is 13.0 Å². The van der Waals surface area contributed by atoms with E-state index in [1.54, 1.807) is 24.0 Å². The van der Waals surface area contributed by atoms with Crippen LogP contribution in [0.25, 0.3) is 0 Å². The number of amides is 1. The van der Waals surface area contributed by atoms with E-state index in [-0.39, 0.29) is 12.3 Å². The molecule has 2 aliphatic rings. The zero-order valence-electron chi connectivity index (χ0n) is 13.2. The topological polar surface area (TPSA) is 86.8 Å². The quantitative estimate of drug-likeness (QED) is 0.390. The van der Waals surface area contributed by atoms with Crippen molar-refractivity contribution in [3.63, 3.8) is 0 Å². The third-order valence-electron chi connectivity index (χ3n) is 4.50. The van der Waals surface area contributed by atoms with Gasteiger partial charge in [0.15, 0.2) is 12.3 Å². The van der Waals surface area contributed by atoms with E-state index in [2.05, 4.69) is 5.16 Å². The number of morpholine rings is 1. The second kappa shape index (κ2) is 6.27. The Labute approximate surface area is 134 Å². The molecule has 3 N–H and O–H groups in total. The van der Waals surface area contributed by atoms with E-state index in [0.717, 1.165) is 18.8 Å². The van der Waals surface area contributed by atoms with Crippen molar-refractivity contribution in [3.05, 3.63) is 29.8 Å². The van der Waals surface area contributed by atoms with Gasteiger partial charge in [0.25, 0.3) is 5.91 Å². The number of ether oxygens (including phenoxy) is 1. The van der Waals surface area contributed by atoms with Crippen molar-refractivity contribution in [2.45, 2.75) is 18.9 Å². The van der Waals surface area contributed by atoms with Gasteiger partial charge < -0.3 is 20.0 Å². The highest BCUT2D eigenvalue weighted by molar-refractivity contribution is 6.08. The van der Waals surface area contributed by atoms with E-state index in [4.69, 9.17) is 9.94 Å². The summed E-state index contributed by atoms with van der Waals surface area (Å²) in [7, 11) is 0. The number of nitrogens with one attached hydrogen (secondary N) is 1. The lowest BCUT2D eigenvalue weighted by molar-refractivity contribution is -0.906. The van der Waals surface area contributed by atoms with Crippen LogP contribution in [0.4, 0.5) is 5.69 Å². The van der Waals surface area contributed by atoms with Crippen LogP contribution in [-0.4, -0.2) is 54.9 Å². The number of anilines is 1. The summed E-state index contributed by atoms with van der Waals surface area (Å²) >= 11 is 0. The zero-order valence-corrected chi connectivity index (χ0v) is 13.2. The molecule has 0 aliphatic carbocycles. The highest BCUT2D eigenvalue weighted by Crippen LogP contribution is 2.41. The number of benzene rings is 1. The number of oxime groups is 1. The third kappa shape index (κ3) is 2.83. The number of hydrogen-bond donors (Lipinski definition) is 3. The number of carbonyl (C=O) groups excluding carboxylic acids is 1. The molecule has 1 aromatic rings. The first-order chi connectivity index (χ1) is 11.1. The van der Waals surface area contributed by atoms with E-state index >= 15 is 0 Å². The van der Waals surface area contributed by atoms with Crippen LogP contribution in [0, 0.1) is 0 Å². The first-order valence-corrected chi connectivity index (χ1v) is 7.79. The molecule has 1 aromatic carbocycles. The molecule has 1 atom stereocenters. The van der Waals surface area contributed by atoms with Gasteiger partial charge >= 0.3 is 0 Å². The fourth-order valence-electron chi connectivity index (χ4n) is 3.28. The summed E-state index contributed by atoms with van der Waals surface area (Å²) in [4.78, 5) is 15.8. The molecule has 7 nitrogen and oxygen atoms in total. The van der Waals surface area contributed by atoms with Gasteiger partial charge in [-0.3, -0.25) is 9.69 Å². The third-order valence-corrected chi connectivity index (χ3v) is 4.50. The standard InChI is InChI=1S/C16H21N3O4/c1-12(17-22)10-16(21)13-4-2-3-5-14(13)19(15(16)20)11-18-6-8-23-9-7-18/h2-5,21-22H,6-11H2,1H3/p+1/b17-12-/t16-/m1/s1. The highest BCUT2D eigenvalue weighted by atomic mass is 16.5. The Bertz CT molecular complexity index is 628. The largest absolute Gasteiger partial charge is 0.411 e. The molecule has 2 aliphatic heterocycles. The second-order valence-electron chi connectivity index (χ2n) is 6.14. The predicted octanol–water partition coefficient (Wildman–Crippen LogP) is -0.666. The lowest BCUT2D eigenvalue weighted by Gasteiger charge is -2.29. The summed E-state index contributed by atoms with van der Waals surface area (Å²) < 4.78 is 5.35. The number of para-hydroxylation sites is 1. The van der Waals surface area contributed by atoms with E-state index in [1.165, 1.54) is 4.90 Å². The fraction of sp³-hybridized carbons (Fsp3) is 0.500. The molecular formula is C16H22N3O4+. The maximum absolute atomic E-state index is 12.9. The highest BCUT2D eigenvalue weighted by Gasteiger charge is 2.50. The maximum atomic E-state index is 12.9. The Morgan fingerprint density at radius 2 is 2.09 bits per heavy atom. The summed E-state index contributed by atoms with van der Waals surface area (Å²) in [5.41, 5.74) is -0.0554. The summed E-state index contributed by atoms with van der Waals surface area (Å²) in [6.07, 6.45) is -0.0196. The average Bonchev–Trinajstić information content (AvgIpc) is 2.78. The van der Waals surface area contributed by atoms with Crippen LogP contribution in [0.1, 0.15) is 18.9 Å². The number of aliphatic hydroxyl groups is 1. The number of hydrogen-bond acceptors (Lipinski definition) is 5. The summed E-state index contributed by atoms with van der Waals surface area (Å²) in [5, 5.41) is 23.0. The van der Waals surface area contributed by atoms with Crippen molar-refractivity contribution in [3.8, 4) is 0 Å². The molecule has 1 fully saturated rings. The number of carbonyl (C=O) groups is 1. The Balaban J connectivity index is 1.91. The van der Waals surface area contributed by atoms with E-state index in [1.807, 2.05) is 12.1 Å². The van der Waals surface area contributed by atoms with Gasteiger partial charge in [0.05, 0.1) is 24.6 Å². The van der Waals surface area contributed by atoms with Crippen LogP contribution >= 0.6 is 0 Å². The molecule has 1 amide bonds. The Morgan fingerprint density at radius 1 is 1.39 bits per heavy atom. The Hall–Kier alpha value is -1.96. The van der Waals surface area contributed by atoms with Crippen LogP contribution in [0.15, 0.2) is 29.4 Å². The minimum Gasteiger partial charge on any atom is -0.411 e. The number of fused-ring (bicyclic) bond motifs is 1. The van der Waals surface area contributed by atoms with Crippen LogP contribution in [0.5, 0.6) is 0 Å². The summed E-state index contributed by atoms with van der Waals surface area (Å²) in [6, 6.07) is 7.25. The SMILES string of the molecule is C/C(C[C@]1(O)C(=O)N(C[NH+]2CCOCC2)c2ccccc21)=N/O. The second-order valence-corrected chi connectivity index (χ2v) is 6.14. The van der Waals surface area contributed by atoms with E-state index in [0.29, 0.717) is 31.2 Å². The van der Waals surface area contributed by atoms with Gasteiger partial charge in [-0.25, -0.2) is 0 Å². The normalized spacial score (nSPS) is 25.7. The molecule has 124 valence electrons. The molecule has 0 bridgehead atoms. The summed E-state index contributed by atoms with van der Waals surface area (Å²) in [5.74, 6) is -0.360. The van der Waals surface area contributed by atoms with Gasteiger partial charge in [0, 0.05) is 12.0 Å². The zero-order chi connectivity index (χ0) is 16.4. The van der Waals surface area contributed by atoms with Crippen LogP contribution < -0.4 is 9.80 Å². The Kier molecular flexibility index (Phi) is 4.34. The number of quaternary nitrogens is 1. The van der Waals surface area contributed by atoms with Crippen molar-refractivity contribution in [2.24, 2.45) is 5.16 Å². The minimum atomic E-state index is -1.67. The van der Waals surface area contributed by atoms with Gasteiger partial charge in [0.2, 0.25) is 0 Å². The number of rotatable bonds is 4. The number of nitrogens with zero attached hydrogens (tertiary/aromatic N) is 2. The molecule has 2 heterocycles. The van der Waals surface area contributed by atoms with E-state index < -0.39 is 5.60 Å². The molecule has 3 rings (SSSR count). The van der Waals surface area contributed by atoms with Crippen LogP contribution in [0.2, 0.25) is 0 Å². The van der Waals surface area contributed by atoms with Crippen molar-refractivity contribution in [1.29, 1.82) is 0 Å². The van der Waals surface area contributed by atoms with Gasteiger partial charge in [0.1, 0.15) is 13.1 Å². The molecular weight excluding hydrogens is 298 g/mol. The lowest BCUT2D eigenvalue weighted by Crippen LogP contribution is -3.15. The van der Waals surface area contributed by atoms with Gasteiger partial charge in [-0.2, -0.15) is 0 Å². The first-order valence-electron chi connectivity index (χ1n) is 7.79. The van der Waals surface area contributed by atoms with Gasteiger partial charge in [-0.1, -0.05) is 23.4 Å². The van der Waals surface area contributed by atoms with Gasteiger partial charge in [-0.15, -0.1) is 0 Å². The maximum Gasteiger partial charge on any atom is 0.268 e. The molecule has 0 saturated carbocycles. The van der Waals surface area contributed by atoms with Crippen molar-refractivity contribution in [1.82, 2.24) is 0 Å². The molecule has 1 saturated heterocycles. The van der Waals surface area contributed by atoms with Crippen molar-refractivity contribution in [2.75, 3.05) is 37.9 Å². The lowest BCUT2D eigenvalue weighted by atomic mass is 9.90. The first kappa shape index (κ1) is 15.9. The Morgan fingerprint density at radius 3 is 2.78 bits per heavy atom. The molecule has 0 radical (unpaired) electrons. The van der Waals surface area contributed by atoms with Crippen molar-refractivity contribution < 1.29 is 24.7 Å². The fourth-order valence-corrected chi connectivity index (χ4v) is 3.28. The molecule has 0 unspecified atom stereocenters. The smallest absolute Gasteiger partial charge is 0.268 e. The monoisotopic (exact) mass is 320 g/mol. The summed E-state index contributed by atoms with van der Waals surface area (Å²) in [6.45, 7) is 5.11. The van der Waals surface area contributed by atoms with Crippen LogP contribution in [0.3, 0.4) is 0 Å². The molecule has 0 aromatic heterocycles. The average molecular weight is 320 g/mol. The van der Waals surface area contributed by atoms with Crippen LogP contribution in [-0.2, 0) is 15.1 Å². The molecule has 23 heavy (non-hydrogen) atoms.